The van der Waals surface area contributed by atoms with Crippen LogP contribution in [0.2, 0.25) is 0 Å². The van der Waals surface area contributed by atoms with Gasteiger partial charge in [-0.1, -0.05) is 31.5 Å². The van der Waals surface area contributed by atoms with Gasteiger partial charge in [-0.15, -0.1) is 0 Å². The molecule has 0 radical (unpaired) electrons. The maximum absolute atomic E-state index is 12.4. The monoisotopic (exact) mass is 289 g/mol. The summed E-state index contributed by atoms with van der Waals surface area (Å²) < 4.78 is 0. The molecule has 0 aromatic heterocycles. The van der Waals surface area contributed by atoms with E-state index < -0.39 is 5.97 Å². The molecule has 4 heteroatoms. The molecular weight excluding hydrogens is 266 g/mol. The molecule has 1 N–H and O–H groups in total. The summed E-state index contributed by atoms with van der Waals surface area (Å²) in [7, 11) is 0. The molecule has 114 valence electrons. The fourth-order valence-corrected chi connectivity index (χ4v) is 2.91. The first-order valence-electron chi connectivity index (χ1n) is 7.70. The molecule has 0 saturated carbocycles. The van der Waals surface area contributed by atoms with Crippen LogP contribution in [0.5, 0.6) is 0 Å². The smallest absolute Gasteiger partial charge is 0.303 e. The van der Waals surface area contributed by atoms with Gasteiger partial charge in [-0.25, -0.2) is 0 Å². The zero-order valence-electron chi connectivity index (χ0n) is 12.5. The van der Waals surface area contributed by atoms with E-state index in [2.05, 4.69) is 6.92 Å². The van der Waals surface area contributed by atoms with Crippen LogP contribution < -0.4 is 0 Å². The van der Waals surface area contributed by atoms with Gasteiger partial charge >= 0.3 is 5.97 Å². The van der Waals surface area contributed by atoms with Crippen LogP contribution in [0.3, 0.4) is 0 Å². The van der Waals surface area contributed by atoms with Crippen LogP contribution >= 0.6 is 0 Å². The van der Waals surface area contributed by atoms with Crippen LogP contribution in [0.15, 0.2) is 24.3 Å². The van der Waals surface area contributed by atoms with E-state index in [4.69, 9.17) is 5.11 Å². The molecule has 0 bridgehead atoms. The van der Waals surface area contributed by atoms with E-state index in [-0.39, 0.29) is 12.3 Å². The number of carbonyl (C=O) groups is 2. The predicted octanol–water partition coefficient (Wildman–Crippen LogP) is 2.97. The van der Waals surface area contributed by atoms with Gasteiger partial charge in [0.15, 0.2) is 0 Å². The third-order valence-electron chi connectivity index (χ3n) is 4.34. The lowest BCUT2D eigenvalue weighted by molar-refractivity contribution is -0.137. The van der Waals surface area contributed by atoms with E-state index in [0.29, 0.717) is 12.3 Å². The van der Waals surface area contributed by atoms with Gasteiger partial charge in [-0.05, 0) is 36.8 Å². The molecule has 1 amide bonds. The van der Waals surface area contributed by atoms with Crippen molar-refractivity contribution in [1.82, 2.24) is 4.90 Å². The lowest BCUT2D eigenvalue weighted by Crippen LogP contribution is -2.38. The summed E-state index contributed by atoms with van der Waals surface area (Å²) in [5.74, 6) is -0.243. The number of rotatable bonds is 7. The molecule has 1 aliphatic rings. The third-order valence-corrected chi connectivity index (χ3v) is 4.34. The number of carbonyl (C=O) groups excluding carboxylic acids is 1. The van der Waals surface area contributed by atoms with Crippen LogP contribution in [-0.4, -0.2) is 35.0 Å². The van der Waals surface area contributed by atoms with Crippen molar-refractivity contribution in [3.05, 3.63) is 35.4 Å². The molecular formula is C17H23NO3. The molecule has 1 aliphatic heterocycles. The Labute approximate surface area is 125 Å². The van der Waals surface area contributed by atoms with E-state index in [1.807, 2.05) is 29.2 Å². The highest BCUT2D eigenvalue weighted by atomic mass is 16.4. The Hall–Kier alpha value is -1.84. The predicted molar refractivity (Wildman–Crippen MR) is 81.3 cm³/mol. The van der Waals surface area contributed by atoms with Crippen molar-refractivity contribution in [2.24, 2.45) is 5.92 Å². The molecule has 0 aliphatic carbocycles. The fourth-order valence-electron chi connectivity index (χ4n) is 2.91. The Kier molecular flexibility index (Phi) is 5.37. The highest BCUT2D eigenvalue weighted by molar-refractivity contribution is 5.96. The minimum atomic E-state index is -0.739. The molecule has 2 rings (SSSR count). The Morgan fingerprint density at radius 3 is 2.81 bits per heavy atom. The highest BCUT2D eigenvalue weighted by Crippen LogP contribution is 2.21. The second kappa shape index (κ2) is 7.25. The molecule has 1 unspecified atom stereocenters. The Balaban J connectivity index is 1.89. The summed E-state index contributed by atoms with van der Waals surface area (Å²) in [5, 5.41) is 8.76. The van der Waals surface area contributed by atoms with Gasteiger partial charge in [-0.3, -0.25) is 9.59 Å². The van der Waals surface area contributed by atoms with Crippen molar-refractivity contribution in [3.63, 3.8) is 0 Å². The number of nitrogens with zero attached hydrogens (tertiary/aromatic N) is 1. The molecule has 1 heterocycles. The van der Waals surface area contributed by atoms with Crippen molar-refractivity contribution < 1.29 is 14.7 Å². The van der Waals surface area contributed by atoms with Crippen molar-refractivity contribution in [3.8, 4) is 0 Å². The average molecular weight is 289 g/mol. The van der Waals surface area contributed by atoms with E-state index in [0.717, 1.165) is 43.5 Å². The lowest BCUT2D eigenvalue weighted by atomic mass is 9.94. The third kappa shape index (κ3) is 4.06. The van der Waals surface area contributed by atoms with Crippen molar-refractivity contribution >= 4 is 11.9 Å². The van der Waals surface area contributed by atoms with Crippen molar-refractivity contribution in [2.75, 3.05) is 13.1 Å². The lowest BCUT2D eigenvalue weighted by Gasteiger charge is -2.29. The van der Waals surface area contributed by atoms with E-state index in [9.17, 15) is 9.59 Å². The fraction of sp³-hybridized carbons (Fsp3) is 0.529. The largest absolute Gasteiger partial charge is 0.481 e. The van der Waals surface area contributed by atoms with Gasteiger partial charge in [0.2, 0.25) is 0 Å². The maximum Gasteiger partial charge on any atom is 0.303 e. The quantitative estimate of drug-likeness (QED) is 0.839. The number of fused-ring (bicyclic) bond motifs is 1. The Morgan fingerprint density at radius 2 is 2.10 bits per heavy atom. The normalized spacial score (nSPS) is 15.7. The van der Waals surface area contributed by atoms with E-state index in [1.54, 1.807) is 0 Å². The topological polar surface area (TPSA) is 57.6 Å². The van der Waals surface area contributed by atoms with Crippen LogP contribution in [0, 0.1) is 5.92 Å². The molecule has 0 fully saturated rings. The second-order valence-corrected chi connectivity index (χ2v) is 5.69. The van der Waals surface area contributed by atoms with Crippen molar-refractivity contribution in [2.45, 2.75) is 39.0 Å². The Bertz CT molecular complexity index is 513. The van der Waals surface area contributed by atoms with Gasteiger partial charge in [0, 0.05) is 25.1 Å². The summed E-state index contributed by atoms with van der Waals surface area (Å²) in [5.41, 5.74) is 1.96. The summed E-state index contributed by atoms with van der Waals surface area (Å²) in [6.07, 6.45) is 3.68. The number of hydrogen-bond acceptors (Lipinski definition) is 2. The van der Waals surface area contributed by atoms with Gasteiger partial charge in [0.25, 0.3) is 5.91 Å². The number of carboxylic acids is 1. The molecule has 21 heavy (non-hydrogen) atoms. The minimum Gasteiger partial charge on any atom is -0.481 e. The Morgan fingerprint density at radius 1 is 1.33 bits per heavy atom. The summed E-state index contributed by atoms with van der Waals surface area (Å²) >= 11 is 0. The zero-order valence-corrected chi connectivity index (χ0v) is 12.5. The second-order valence-electron chi connectivity index (χ2n) is 5.69. The first kappa shape index (κ1) is 15.5. The molecule has 1 aromatic rings. The summed E-state index contributed by atoms with van der Waals surface area (Å²) in [6.45, 7) is 3.58. The van der Waals surface area contributed by atoms with Gasteiger partial charge in [-0.2, -0.15) is 0 Å². The minimum absolute atomic E-state index is 0.116. The number of aliphatic carboxylic acids is 1. The summed E-state index contributed by atoms with van der Waals surface area (Å²) in [4.78, 5) is 25.0. The molecule has 0 spiro atoms. The van der Waals surface area contributed by atoms with Crippen molar-refractivity contribution in [1.29, 1.82) is 0 Å². The highest BCUT2D eigenvalue weighted by Gasteiger charge is 2.24. The van der Waals surface area contributed by atoms with E-state index >= 15 is 0 Å². The number of hydrogen-bond donors (Lipinski definition) is 1. The van der Waals surface area contributed by atoms with E-state index in [1.165, 1.54) is 0 Å². The van der Waals surface area contributed by atoms with Crippen LogP contribution in [-0.2, 0) is 11.2 Å². The van der Waals surface area contributed by atoms with Gasteiger partial charge < -0.3 is 10.0 Å². The molecule has 1 atom stereocenters. The number of carboxylic acid groups (broad SMARTS) is 1. The zero-order chi connectivity index (χ0) is 15.2. The average Bonchev–Trinajstić information content (AvgIpc) is 2.49. The van der Waals surface area contributed by atoms with Crippen LogP contribution in [0.4, 0.5) is 0 Å². The first-order chi connectivity index (χ1) is 10.1. The molecule has 0 saturated heterocycles. The summed E-state index contributed by atoms with van der Waals surface area (Å²) in [6, 6.07) is 7.79. The first-order valence-corrected chi connectivity index (χ1v) is 7.70. The molecule has 4 nitrogen and oxygen atoms in total. The SMILES string of the molecule is CCC(CCC(=O)O)CCN1CCc2ccccc2C1=O. The standard InChI is InChI=1S/C17H23NO3/c1-2-13(7-8-16(19)20)9-11-18-12-10-14-5-3-4-6-15(14)17(18)21/h3-6,13H,2,7-12H2,1H3,(H,19,20). The number of benzene rings is 1. The van der Waals surface area contributed by atoms with Crippen LogP contribution in [0.25, 0.3) is 0 Å². The van der Waals surface area contributed by atoms with Gasteiger partial charge in [0.05, 0.1) is 0 Å². The number of amides is 1. The van der Waals surface area contributed by atoms with Crippen LogP contribution in [0.1, 0.15) is 48.5 Å². The maximum atomic E-state index is 12.4. The molecule has 1 aromatic carbocycles. The van der Waals surface area contributed by atoms with Gasteiger partial charge in [0.1, 0.15) is 0 Å².